The summed E-state index contributed by atoms with van der Waals surface area (Å²) < 4.78 is 56.3. The molecule has 4 aromatic rings. The number of amides is 1. The van der Waals surface area contributed by atoms with Gasteiger partial charge in [0.15, 0.2) is 0 Å². The van der Waals surface area contributed by atoms with Gasteiger partial charge in [0.05, 0.1) is 16.6 Å². The van der Waals surface area contributed by atoms with Crippen LogP contribution in [0.4, 0.5) is 14.5 Å². The lowest BCUT2D eigenvalue weighted by molar-refractivity contribution is 0.0680. The minimum Gasteiger partial charge on any atom is -0.280 e. The zero-order chi connectivity index (χ0) is 30.1. The van der Waals surface area contributed by atoms with Crippen LogP contribution in [0.15, 0.2) is 113 Å². The van der Waals surface area contributed by atoms with Crippen molar-refractivity contribution in [3.05, 3.63) is 136 Å². The average molecular weight is 618 g/mol. The highest BCUT2D eigenvalue weighted by Gasteiger charge is 2.44. The molecule has 0 aromatic heterocycles. The van der Waals surface area contributed by atoms with Gasteiger partial charge in [-0.25, -0.2) is 22.2 Å². The van der Waals surface area contributed by atoms with Gasteiger partial charge in [-0.05, 0) is 109 Å². The molecule has 0 unspecified atom stereocenters. The first-order valence-electron chi connectivity index (χ1n) is 13.7. The average Bonchev–Trinajstić information content (AvgIpc) is 3.40. The van der Waals surface area contributed by atoms with Crippen LogP contribution in [0.25, 0.3) is 6.08 Å². The maximum atomic E-state index is 14.1. The maximum absolute atomic E-state index is 14.1. The highest BCUT2D eigenvalue weighted by molar-refractivity contribution is 7.92. The number of fused-ring (bicyclic) bond motifs is 1. The molecule has 43 heavy (non-hydrogen) atoms. The molecule has 1 amide bonds. The van der Waals surface area contributed by atoms with Gasteiger partial charge in [-0.3, -0.25) is 9.52 Å². The van der Waals surface area contributed by atoms with E-state index in [0.29, 0.717) is 10.7 Å². The normalized spacial score (nSPS) is 19.2. The van der Waals surface area contributed by atoms with Gasteiger partial charge in [0.1, 0.15) is 11.6 Å². The monoisotopic (exact) mass is 617 g/mol. The summed E-state index contributed by atoms with van der Waals surface area (Å²) in [6.45, 7) is 0. The van der Waals surface area contributed by atoms with E-state index in [1.54, 1.807) is 54.6 Å². The number of halogens is 3. The molecule has 10 heteroatoms. The summed E-state index contributed by atoms with van der Waals surface area (Å²) in [6.07, 6.45) is 4.29. The number of hydrogen-bond acceptors (Lipinski definition) is 4. The molecule has 218 valence electrons. The fourth-order valence-corrected chi connectivity index (χ4v) is 6.81. The van der Waals surface area contributed by atoms with E-state index >= 15 is 0 Å². The Morgan fingerprint density at radius 1 is 0.930 bits per heavy atom. The van der Waals surface area contributed by atoms with Crippen LogP contribution >= 0.6 is 11.6 Å². The van der Waals surface area contributed by atoms with Crippen LogP contribution in [-0.2, 0) is 10.0 Å². The van der Waals surface area contributed by atoms with E-state index in [2.05, 4.69) is 4.72 Å². The number of anilines is 1. The van der Waals surface area contributed by atoms with Gasteiger partial charge >= 0.3 is 0 Å². The number of carbonyl (C=O) groups is 1. The van der Waals surface area contributed by atoms with Gasteiger partial charge in [-0.2, -0.15) is 5.10 Å². The number of sulfonamides is 1. The largest absolute Gasteiger partial charge is 0.280 e. The molecule has 2 aliphatic rings. The number of rotatable bonds is 6. The molecule has 0 bridgehead atoms. The van der Waals surface area contributed by atoms with Gasteiger partial charge in [0.25, 0.3) is 15.9 Å². The smallest absolute Gasteiger partial charge is 0.274 e. The Bertz CT molecular complexity index is 1840. The number of hydrogen-bond donors (Lipinski definition) is 1. The minimum atomic E-state index is -4.02. The SMILES string of the molecule is O=C(c1cccc(S(=O)(=O)Nc2ccc(Cl)cc2)c1)N1N=C2/C(=C/c3ccc(F)cc3)CCC[C@@H]2[C@H]1c1ccc(F)cc1. The summed E-state index contributed by atoms with van der Waals surface area (Å²) in [5.41, 5.74) is 3.68. The topological polar surface area (TPSA) is 78.8 Å². The van der Waals surface area contributed by atoms with Crippen molar-refractivity contribution in [1.29, 1.82) is 0 Å². The molecule has 0 spiro atoms. The van der Waals surface area contributed by atoms with Crippen LogP contribution in [0.2, 0.25) is 5.02 Å². The second-order valence-corrected chi connectivity index (χ2v) is 12.6. The number of hydrazone groups is 1. The highest BCUT2D eigenvalue weighted by Crippen LogP contribution is 2.45. The first kappa shape index (κ1) is 28.8. The molecule has 2 atom stereocenters. The molecule has 1 heterocycles. The molecule has 1 aliphatic carbocycles. The van der Waals surface area contributed by atoms with Crippen molar-refractivity contribution in [3.8, 4) is 0 Å². The van der Waals surface area contributed by atoms with E-state index < -0.39 is 27.8 Å². The molecule has 6 rings (SSSR count). The van der Waals surface area contributed by atoms with Crippen molar-refractivity contribution in [1.82, 2.24) is 5.01 Å². The fraction of sp³-hybridized carbons (Fsp3) is 0.152. The third-order valence-corrected chi connectivity index (χ3v) is 9.25. The Hall–Kier alpha value is -4.34. The zero-order valence-corrected chi connectivity index (χ0v) is 24.3. The standard InChI is InChI=1S/C33H26ClF2N3O3S/c34-25-11-17-28(18-12-25)38-43(41,42)29-5-1-4-24(20-29)33(40)39-32(22-9-15-27(36)16-10-22)30-6-2-3-23(31(30)37-39)19-21-7-13-26(35)14-8-21/h1,4-5,7-20,30,32,38H,2-3,6H2/b23-19+/t30-,32+/m0/s1. The van der Waals surface area contributed by atoms with E-state index in [0.717, 1.165) is 41.7 Å². The highest BCUT2D eigenvalue weighted by atomic mass is 35.5. The molecular weight excluding hydrogens is 592 g/mol. The van der Waals surface area contributed by atoms with E-state index in [1.165, 1.54) is 47.5 Å². The van der Waals surface area contributed by atoms with E-state index in [9.17, 15) is 22.0 Å². The summed E-state index contributed by atoms with van der Waals surface area (Å²) in [5.74, 6) is -1.37. The van der Waals surface area contributed by atoms with Gasteiger partial charge in [-0.1, -0.05) is 41.9 Å². The molecule has 1 N–H and O–H groups in total. The molecule has 0 saturated heterocycles. The van der Waals surface area contributed by atoms with Crippen LogP contribution in [-0.4, -0.2) is 25.0 Å². The number of nitrogens with zero attached hydrogens (tertiary/aromatic N) is 2. The lowest BCUT2D eigenvalue weighted by Gasteiger charge is -2.29. The van der Waals surface area contributed by atoms with Crippen LogP contribution in [0.1, 0.15) is 46.8 Å². The van der Waals surface area contributed by atoms with Crippen molar-refractivity contribution in [2.24, 2.45) is 11.0 Å². The number of allylic oxidation sites excluding steroid dienone is 1. The first-order valence-corrected chi connectivity index (χ1v) is 15.6. The van der Waals surface area contributed by atoms with Gasteiger partial charge < -0.3 is 0 Å². The van der Waals surface area contributed by atoms with Gasteiger partial charge in [-0.15, -0.1) is 0 Å². The van der Waals surface area contributed by atoms with E-state index in [-0.39, 0.29) is 22.2 Å². The molecule has 6 nitrogen and oxygen atoms in total. The second-order valence-electron chi connectivity index (χ2n) is 10.5. The molecule has 4 aromatic carbocycles. The van der Waals surface area contributed by atoms with Gasteiger partial charge in [0.2, 0.25) is 0 Å². The number of carbonyl (C=O) groups excluding carboxylic acids is 1. The molecule has 1 fully saturated rings. The third-order valence-electron chi connectivity index (χ3n) is 7.62. The Morgan fingerprint density at radius 3 is 2.30 bits per heavy atom. The summed E-state index contributed by atoms with van der Waals surface area (Å²) in [5, 5.41) is 6.67. The van der Waals surface area contributed by atoms with Crippen LogP contribution in [0.5, 0.6) is 0 Å². The van der Waals surface area contributed by atoms with Crippen molar-refractivity contribution in [3.63, 3.8) is 0 Å². The lowest BCUT2D eigenvalue weighted by Crippen LogP contribution is -2.32. The second kappa shape index (κ2) is 11.7. The predicted octanol–water partition coefficient (Wildman–Crippen LogP) is 7.86. The molecule has 0 radical (unpaired) electrons. The summed E-state index contributed by atoms with van der Waals surface area (Å²) >= 11 is 5.92. The van der Waals surface area contributed by atoms with Crippen molar-refractivity contribution >= 4 is 45.0 Å². The number of benzene rings is 4. The lowest BCUT2D eigenvalue weighted by atomic mass is 9.77. The van der Waals surface area contributed by atoms with Crippen molar-refractivity contribution in [2.45, 2.75) is 30.2 Å². The van der Waals surface area contributed by atoms with Crippen LogP contribution in [0.3, 0.4) is 0 Å². The first-order chi connectivity index (χ1) is 20.7. The fourth-order valence-electron chi connectivity index (χ4n) is 5.58. The third kappa shape index (κ3) is 6.09. The maximum Gasteiger partial charge on any atom is 0.274 e. The molecule has 1 aliphatic heterocycles. The minimum absolute atomic E-state index is 0.0900. The van der Waals surface area contributed by atoms with Crippen molar-refractivity contribution in [2.75, 3.05) is 4.72 Å². The Morgan fingerprint density at radius 2 is 1.60 bits per heavy atom. The Labute approximate surface area is 253 Å². The summed E-state index contributed by atoms with van der Waals surface area (Å²) in [4.78, 5) is 14.0. The number of nitrogens with one attached hydrogen (secondary N) is 1. The Kier molecular flexibility index (Phi) is 7.85. The quantitative estimate of drug-likeness (QED) is 0.239. The molecular formula is C33H26ClF2N3O3S. The van der Waals surface area contributed by atoms with Crippen molar-refractivity contribution < 1.29 is 22.0 Å². The molecule has 1 saturated carbocycles. The predicted molar refractivity (Wildman–Crippen MR) is 163 cm³/mol. The van der Waals surface area contributed by atoms with E-state index in [1.807, 2.05) is 6.08 Å². The van der Waals surface area contributed by atoms with Crippen LogP contribution < -0.4 is 4.72 Å². The summed E-state index contributed by atoms with van der Waals surface area (Å²) in [6, 6.07) is 23.6. The Balaban J connectivity index is 1.37. The van der Waals surface area contributed by atoms with Crippen LogP contribution in [0, 0.1) is 17.6 Å². The summed E-state index contributed by atoms with van der Waals surface area (Å²) in [7, 11) is -4.02. The zero-order valence-electron chi connectivity index (χ0n) is 22.8. The van der Waals surface area contributed by atoms with Gasteiger partial charge in [0, 0.05) is 22.2 Å². The van der Waals surface area contributed by atoms with E-state index in [4.69, 9.17) is 16.7 Å².